The number of carbonyl (C=O) groups excluding carboxylic acids is 1. The Morgan fingerprint density at radius 1 is 1.61 bits per heavy atom. The predicted octanol–water partition coefficient (Wildman–Crippen LogP) is 0.232. The highest BCUT2D eigenvalue weighted by Gasteiger charge is 2.20. The lowest BCUT2D eigenvalue weighted by atomic mass is 10.2. The number of nitrogens with zero attached hydrogens (tertiary/aromatic N) is 2. The number of pyridine rings is 1. The number of aromatic nitrogens is 1. The van der Waals surface area contributed by atoms with E-state index in [1.807, 2.05) is 0 Å². The third kappa shape index (κ3) is 2.26. The smallest absolute Gasteiger partial charge is 0.267 e. The van der Waals surface area contributed by atoms with E-state index in [1.54, 1.807) is 14.0 Å². The van der Waals surface area contributed by atoms with E-state index in [1.165, 1.54) is 22.4 Å². The summed E-state index contributed by atoms with van der Waals surface area (Å²) in [6.07, 6.45) is 0. The molecule has 0 bridgehead atoms. The lowest BCUT2D eigenvalue weighted by Crippen LogP contribution is -2.34. The molecule has 0 saturated heterocycles. The van der Waals surface area contributed by atoms with Gasteiger partial charge in [0.1, 0.15) is 11.3 Å². The molecule has 0 spiro atoms. The standard InChI is InChI=1S/C11H13N3O3S/c1-6-5-7(15)8(10(17)14(6)2)9(16)13-11-12-3-4-18-11/h5,15H,3-4H2,1-2H3,(H,12,13,16). The van der Waals surface area contributed by atoms with E-state index in [4.69, 9.17) is 0 Å². The van der Waals surface area contributed by atoms with Gasteiger partial charge >= 0.3 is 0 Å². The Kier molecular flexibility index (Phi) is 3.42. The second kappa shape index (κ2) is 4.85. The predicted molar refractivity (Wildman–Crippen MR) is 70.3 cm³/mol. The van der Waals surface area contributed by atoms with Gasteiger partial charge in [0.05, 0.1) is 6.54 Å². The van der Waals surface area contributed by atoms with Gasteiger partial charge in [-0.3, -0.25) is 14.6 Å². The van der Waals surface area contributed by atoms with Gasteiger partial charge in [0.15, 0.2) is 5.17 Å². The van der Waals surface area contributed by atoms with Gasteiger partial charge < -0.3 is 15.0 Å². The third-order valence-corrected chi connectivity index (χ3v) is 3.57. The van der Waals surface area contributed by atoms with Crippen LogP contribution in [0.5, 0.6) is 5.75 Å². The number of amidine groups is 1. The Hall–Kier alpha value is -1.76. The van der Waals surface area contributed by atoms with Crippen LogP contribution >= 0.6 is 11.8 Å². The van der Waals surface area contributed by atoms with Crippen molar-refractivity contribution in [2.75, 3.05) is 12.3 Å². The second-order valence-electron chi connectivity index (χ2n) is 3.90. The fraction of sp³-hybridized carbons (Fsp3) is 0.364. The van der Waals surface area contributed by atoms with Crippen molar-refractivity contribution in [2.45, 2.75) is 6.92 Å². The molecule has 0 unspecified atom stereocenters. The number of thioether (sulfide) groups is 1. The first-order valence-electron chi connectivity index (χ1n) is 5.39. The molecule has 7 heteroatoms. The number of amides is 1. The fourth-order valence-corrected chi connectivity index (χ4v) is 2.31. The van der Waals surface area contributed by atoms with Crippen LogP contribution in [0.15, 0.2) is 15.9 Å². The van der Waals surface area contributed by atoms with Crippen molar-refractivity contribution in [3.8, 4) is 5.75 Å². The van der Waals surface area contributed by atoms with Crippen molar-refractivity contribution >= 4 is 22.8 Å². The van der Waals surface area contributed by atoms with Gasteiger partial charge in [0.2, 0.25) is 0 Å². The SMILES string of the molecule is Cc1cc(O)c(C(=O)NC2=NCCS2)c(=O)n1C. The molecular formula is C11H13N3O3S. The topological polar surface area (TPSA) is 83.7 Å². The average Bonchev–Trinajstić information content (AvgIpc) is 2.78. The summed E-state index contributed by atoms with van der Waals surface area (Å²) in [4.78, 5) is 27.9. The average molecular weight is 267 g/mol. The number of aryl methyl sites for hydroxylation is 1. The molecule has 1 amide bonds. The van der Waals surface area contributed by atoms with Crippen LogP contribution in [0.25, 0.3) is 0 Å². The van der Waals surface area contributed by atoms with Crippen LogP contribution in [0.2, 0.25) is 0 Å². The van der Waals surface area contributed by atoms with Gasteiger partial charge in [-0.2, -0.15) is 0 Å². The van der Waals surface area contributed by atoms with E-state index in [-0.39, 0.29) is 11.3 Å². The lowest BCUT2D eigenvalue weighted by molar-refractivity contribution is 0.0973. The molecular weight excluding hydrogens is 254 g/mol. The van der Waals surface area contributed by atoms with Crippen LogP contribution in [0.3, 0.4) is 0 Å². The quantitative estimate of drug-likeness (QED) is 0.763. The summed E-state index contributed by atoms with van der Waals surface area (Å²) < 4.78 is 1.32. The Morgan fingerprint density at radius 2 is 2.33 bits per heavy atom. The highest BCUT2D eigenvalue weighted by molar-refractivity contribution is 8.14. The Balaban J connectivity index is 2.36. The third-order valence-electron chi connectivity index (χ3n) is 2.68. The molecule has 2 N–H and O–H groups in total. The fourth-order valence-electron chi connectivity index (χ4n) is 1.59. The van der Waals surface area contributed by atoms with Gasteiger partial charge in [-0.1, -0.05) is 11.8 Å². The van der Waals surface area contributed by atoms with Crippen LogP contribution in [0.4, 0.5) is 0 Å². The highest BCUT2D eigenvalue weighted by atomic mass is 32.2. The first-order chi connectivity index (χ1) is 8.50. The first-order valence-corrected chi connectivity index (χ1v) is 6.37. The maximum absolute atomic E-state index is 11.9. The number of hydrogen-bond acceptors (Lipinski definition) is 5. The number of aromatic hydroxyl groups is 1. The van der Waals surface area contributed by atoms with Crippen LogP contribution < -0.4 is 10.9 Å². The van der Waals surface area contributed by atoms with E-state index in [9.17, 15) is 14.7 Å². The van der Waals surface area contributed by atoms with Gasteiger partial charge in [-0.25, -0.2) is 0 Å². The number of aliphatic imine (C=N–C) groups is 1. The molecule has 0 fully saturated rings. The number of hydrogen-bond donors (Lipinski definition) is 2. The maximum atomic E-state index is 11.9. The van der Waals surface area contributed by atoms with Crippen LogP contribution in [-0.4, -0.2) is 33.0 Å². The minimum Gasteiger partial charge on any atom is -0.507 e. The molecule has 2 rings (SSSR count). The zero-order chi connectivity index (χ0) is 13.3. The Morgan fingerprint density at radius 3 is 2.94 bits per heavy atom. The van der Waals surface area contributed by atoms with Gasteiger partial charge in [0.25, 0.3) is 11.5 Å². The Labute approximate surface area is 108 Å². The molecule has 18 heavy (non-hydrogen) atoms. The molecule has 0 atom stereocenters. The molecule has 6 nitrogen and oxygen atoms in total. The maximum Gasteiger partial charge on any atom is 0.267 e. The summed E-state index contributed by atoms with van der Waals surface area (Å²) in [5.41, 5.74) is -0.187. The largest absolute Gasteiger partial charge is 0.507 e. The molecule has 0 saturated carbocycles. The normalized spacial score (nSPS) is 14.4. The zero-order valence-electron chi connectivity index (χ0n) is 10.1. The summed E-state index contributed by atoms with van der Waals surface area (Å²) in [6.45, 7) is 2.33. The lowest BCUT2D eigenvalue weighted by Gasteiger charge is -2.09. The van der Waals surface area contributed by atoms with E-state index in [2.05, 4.69) is 10.3 Å². The van der Waals surface area contributed by atoms with E-state index < -0.39 is 11.5 Å². The molecule has 1 aromatic rings. The molecule has 1 aliphatic heterocycles. The molecule has 96 valence electrons. The number of carbonyl (C=O) groups is 1. The molecule has 1 aliphatic rings. The summed E-state index contributed by atoms with van der Waals surface area (Å²) in [7, 11) is 1.55. The van der Waals surface area contributed by atoms with E-state index in [0.717, 1.165) is 5.75 Å². The summed E-state index contributed by atoms with van der Waals surface area (Å²) in [6, 6.07) is 1.39. The molecule has 0 radical (unpaired) electrons. The Bertz CT molecular complexity index is 592. The van der Waals surface area contributed by atoms with Crippen molar-refractivity contribution in [3.63, 3.8) is 0 Å². The van der Waals surface area contributed by atoms with E-state index >= 15 is 0 Å². The molecule has 0 aromatic carbocycles. The molecule has 2 heterocycles. The summed E-state index contributed by atoms with van der Waals surface area (Å²) >= 11 is 1.41. The first kappa shape index (κ1) is 12.7. The molecule has 0 aliphatic carbocycles. The van der Waals surface area contributed by atoms with Crippen molar-refractivity contribution < 1.29 is 9.90 Å². The minimum absolute atomic E-state index is 0.252. The minimum atomic E-state index is -0.624. The second-order valence-corrected chi connectivity index (χ2v) is 4.98. The van der Waals surface area contributed by atoms with Crippen molar-refractivity contribution in [2.24, 2.45) is 12.0 Å². The van der Waals surface area contributed by atoms with Crippen LogP contribution in [-0.2, 0) is 7.05 Å². The zero-order valence-corrected chi connectivity index (χ0v) is 10.9. The van der Waals surface area contributed by atoms with E-state index in [0.29, 0.717) is 17.4 Å². The molecule has 1 aromatic heterocycles. The van der Waals surface area contributed by atoms with Gasteiger partial charge in [-0.05, 0) is 6.92 Å². The van der Waals surface area contributed by atoms with Gasteiger partial charge in [0, 0.05) is 24.6 Å². The number of rotatable bonds is 1. The van der Waals surface area contributed by atoms with Crippen molar-refractivity contribution in [1.82, 2.24) is 9.88 Å². The van der Waals surface area contributed by atoms with Crippen LogP contribution in [0.1, 0.15) is 16.1 Å². The summed E-state index contributed by atoms with van der Waals surface area (Å²) in [5.74, 6) is -0.119. The highest BCUT2D eigenvalue weighted by Crippen LogP contribution is 2.15. The van der Waals surface area contributed by atoms with Crippen molar-refractivity contribution in [3.05, 3.63) is 27.7 Å². The van der Waals surface area contributed by atoms with Crippen LogP contribution in [0, 0.1) is 6.92 Å². The van der Waals surface area contributed by atoms with Gasteiger partial charge in [-0.15, -0.1) is 0 Å². The van der Waals surface area contributed by atoms with Crippen molar-refractivity contribution in [1.29, 1.82) is 0 Å². The number of nitrogens with one attached hydrogen (secondary N) is 1. The summed E-state index contributed by atoms with van der Waals surface area (Å²) in [5, 5.41) is 12.7. The monoisotopic (exact) mass is 267 g/mol.